The number of rotatable bonds is 12. The molecule has 0 unspecified atom stereocenters. The highest BCUT2D eigenvalue weighted by atomic mass is 16.5. The normalized spacial score (nSPS) is 10.6. The zero-order chi connectivity index (χ0) is 21.6. The van der Waals surface area contributed by atoms with E-state index in [1.807, 2.05) is 31.2 Å². The number of hydrogen-bond acceptors (Lipinski definition) is 5. The summed E-state index contributed by atoms with van der Waals surface area (Å²) < 4.78 is 11.0. The first-order valence-corrected chi connectivity index (χ1v) is 10.2. The van der Waals surface area contributed by atoms with Crippen molar-refractivity contribution in [1.82, 2.24) is 5.43 Å². The van der Waals surface area contributed by atoms with Crippen molar-refractivity contribution in [2.45, 2.75) is 39.5 Å². The molecule has 0 aliphatic carbocycles. The molecule has 0 aromatic heterocycles. The lowest BCUT2D eigenvalue weighted by Gasteiger charge is -2.07. The van der Waals surface area contributed by atoms with Crippen molar-refractivity contribution in [2.24, 2.45) is 5.10 Å². The van der Waals surface area contributed by atoms with Gasteiger partial charge in [0.05, 0.1) is 19.4 Å². The van der Waals surface area contributed by atoms with Gasteiger partial charge in [0.2, 0.25) is 11.8 Å². The van der Waals surface area contributed by atoms with Crippen LogP contribution in [-0.2, 0) is 9.59 Å². The lowest BCUT2D eigenvalue weighted by Crippen LogP contribution is -2.20. The van der Waals surface area contributed by atoms with Crippen molar-refractivity contribution in [3.63, 3.8) is 0 Å². The van der Waals surface area contributed by atoms with E-state index in [9.17, 15) is 9.59 Å². The molecule has 0 fully saturated rings. The molecule has 2 rings (SSSR count). The number of hydrazone groups is 1. The van der Waals surface area contributed by atoms with Gasteiger partial charge in [0, 0.05) is 18.5 Å². The molecule has 0 aliphatic heterocycles. The molecule has 0 heterocycles. The molecule has 30 heavy (non-hydrogen) atoms. The Labute approximate surface area is 177 Å². The Balaban J connectivity index is 1.68. The van der Waals surface area contributed by atoms with Gasteiger partial charge < -0.3 is 14.8 Å². The smallest absolute Gasteiger partial charge is 0.240 e. The van der Waals surface area contributed by atoms with Crippen molar-refractivity contribution in [3.8, 4) is 11.5 Å². The third-order valence-corrected chi connectivity index (χ3v) is 4.08. The highest BCUT2D eigenvalue weighted by molar-refractivity contribution is 5.93. The van der Waals surface area contributed by atoms with Gasteiger partial charge in [-0.1, -0.05) is 13.3 Å². The second kappa shape index (κ2) is 13.0. The number of anilines is 1. The summed E-state index contributed by atoms with van der Waals surface area (Å²) in [5.74, 6) is 0.985. The van der Waals surface area contributed by atoms with E-state index in [2.05, 4.69) is 22.8 Å². The third-order valence-electron chi connectivity index (χ3n) is 4.08. The number of hydrogen-bond donors (Lipinski definition) is 2. The molecule has 0 atom stereocenters. The van der Waals surface area contributed by atoms with E-state index in [-0.39, 0.29) is 24.7 Å². The maximum absolute atomic E-state index is 12.0. The number of carbonyl (C=O) groups excluding carboxylic acids is 2. The molecule has 0 spiro atoms. The van der Waals surface area contributed by atoms with Crippen LogP contribution in [0, 0.1) is 0 Å². The molecule has 7 nitrogen and oxygen atoms in total. The van der Waals surface area contributed by atoms with Gasteiger partial charge in [0.1, 0.15) is 11.5 Å². The lowest BCUT2D eigenvalue weighted by molar-refractivity contribution is -0.124. The third kappa shape index (κ3) is 8.77. The van der Waals surface area contributed by atoms with Gasteiger partial charge in [-0.05, 0) is 67.4 Å². The summed E-state index contributed by atoms with van der Waals surface area (Å²) >= 11 is 0. The van der Waals surface area contributed by atoms with E-state index in [0.29, 0.717) is 18.9 Å². The second-order valence-electron chi connectivity index (χ2n) is 6.57. The highest BCUT2D eigenvalue weighted by Gasteiger charge is 2.07. The van der Waals surface area contributed by atoms with Crippen LogP contribution in [0.3, 0.4) is 0 Å². The molecule has 7 heteroatoms. The fourth-order valence-electron chi connectivity index (χ4n) is 2.47. The van der Waals surface area contributed by atoms with Gasteiger partial charge in [-0.25, -0.2) is 5.43 Å². The summed E-state index contributed by atoms with van der Waals surface area (Å²) in [6.07, 6.45) is 3.78. The van der Waals surface area contributed by atoms with Crippen molar-refractivity contribution in [2.75, 3.05) is 18.5 Å². The molecule has 0 bridgehead atoms. The van der Waals surface area contributed by atoms with Crippen LogP contribution >= 0.6 is 0 Å². The minimum atomic E-state index is -0.326. The molecule has 0 radical (unpaired) electrons. The summed E-state index contributed by atoms with van der Waals surface area (Å²) in [5, 5.41) is 6.67. The Morgan fingerprint density at radius 1 is 0.900 bits per heavy atom. The molecular formula is C23H29N3O4. The zero-order valence-electron chi connectivity index (χ0n) is 17.5. The second-order valence-corrected chi connectivity index (χ2v) is 6.57. The van der Waals surface area contributed by atoms with E-state index in [1.54, 1.807) is 30.5 Å². The molecule has 2 amide bonds. The van der Waals surface area contributed by atoms with Gasteiger partial charge in [0.25, 0.3) is 0 Å². The number of benzene rings is 2. The molecule has 0 saturated heterocycles. The fraction of sp³-hybridized carbons (Fsp3) is 0.348. The van der Waals surface area contributed by atoms with Crippen LogP contribution in [0.4, 0.5) is 5.69 Å². The zero-order valence-corrected chi connectivity index (χ0v) is 17.5. The largest absolute Gasteiger partial charge is 0.494 e. The predicted molar refractivity (Wildman–Crippen MR) is 118 cm³/mol. The maximum atomic E-state index is 12.0. The Morgan fingerprint density at radius 3 is 2.20 bits per heavy atom. The molecule has 2 aromatic carbocycles. The van der Waals surface area contributed by atoms with Crippen molar-refractivity contribution in [1.29, 1.82) is 0 Å². The number of nitrogens with zero attached hydrogens (tertiary/aromatic N) is 1. The Kier molecular flexibility index (Phi) is 9.92. The first-order valence-electron chi connectivity index (χ1n) is 10.2. The molecule has 2 N–H and O–H groups in total. The van der Waals surface area contributed by atoms with Crippen LogP contribution in [0.15, 0.2) is 53.6 Å². The van der Waals surface area contributed by atoms with Gasteiger partial charge in [0.15, 0.2) is 0 Å². The quantitative estimate of drug-likeness (QED) is 0.312. The van der Waals surface area contributed by atoms with Crippen molar-refractivity contribution >= 4 is 23.7 Å². The standard InChI is InChI=1S/C23H29N3O4/c1-3-5-16-30-21-10-6-18(7-11-21)17-24-26-23(28)15-14-22(27)25-19-8-12-20(13-9-19)29-4-2/h6-13,17H,3-5,14-16H2,1-2H3,(H,25,27)(H,26,28). The van der Waals surface area contributed by atoms with Crippen molar-refractivity contribution < 1.29 is 19.1 Å². The van der Waals surface area contributed by atoms with Gasteiger partial charge >= 0.3 is 0 Å². The van der Waals surface area contributed by atoms with E-state index in [1.165, 1.54) is 0 Å². The summed E-state index contributed by atoms with van der Waals surface area (Å²) in [7, 11) is 0. The molecule has 2 aromatic rings. The van der Waals surface area contributed by atoms with Crippen LogP contribution in [0.25, 0.3) is 0 Å². The van der Waals surface area contributed by atoms with E-state index < -0.39 is 0 Å². The number of unbranched alkanes of at least 4 members (excludes halogenated alkanes) is 1. The maximum Gasteiger partial charge on any atom is 0.240 e. The van der Waals surface area contributed by atoms with E-state index >= 15 is 0 Å². The minimum Gasteiger partial charge on any atom is -0.494 e. The average Bonchev–Trinajstić information content (AvgIpc) is 2.75. The Morgan fingerprint density at radius 2 is 1.53 bits per heavy atom. The predicted octanol–water partition coefficient (Wildman–Crippen LogP) is 4.13. The number of carbonyl (C=O) groups is 2. The van der Waals surface area contributed by atoms with Gasteiger partial charge in [-0.15, -0.1) is 0 Å². The first-order chi connectivity index (χ1) is 14.6. The Bertz CT molecular complexity index is 817. The molecular weight excluding hydrogens is 382 g/mol. The molecule has 160 valence electrons. The van der Waals surface area contributed by atoms with Gasteiger partial charge in [-0.2, -0.15) is 5.10 Å². The molecule has 0 saturated carbocycles. The fourth-order valence-corrected chi connectivity index (χ4v) is 2.47. The number of ether oxygens (including phenoxy) is 2. The van der Waals surface area contributed by atoms with Crippen LogP contribution in [0.2, 0.25) is 0 Å². The van der Waals surface area contributed by atoms with Crippen LogP contribution in [0.1, 0.15) is 45.1 Å². The number of nitrogens with one attached hydrogen (secondary N) is 2. The summed E-state index contributed by atoms with van der Waals surface area (Å²) in [5.41, 5.74) is 3.93. The topological polar surface area (TPSA) is 89.0 Å². The van der Waals surface area contributed by atoms with Crippen LogP contribution in [-0.4, -0.2) is 31.2 Å². The van der Waals surface area contributed by atoms with E-state index in [0.717, 1.165) is 29.9 Å². The minimum absolute atomic E-state index is 0.0460. The SMILES string of the molecule is CCCCOc1ccc(C=NNC(=O)CCC(=O)Nc2ccc(OCC)cc2)cc1. The summed E-state index contributed by atoms with van der Waals surface area (Å²) in [6, 6.07) is 14.5. The van der Waals surface area contributed by atoms with Gasteiger partial charge in [-0.3, -0.25) is 9.59 Å². The van der Waals surface area contributed by atoms with Crippen molar-refractivity contribution in [3.05, 3.63) is 54.1 Å². The Hall–Kier alpha value is -3.35. The summed E-state index contributed by atoms with van der Waals surface area (Å²) in [6.45, 7) is 5.31. The summed E-state index contributed by atoms with van der Waals surface area (Å²) in [4.78, 5) is 23.8. The lowest BCUT2D eigenvalue weighted by atomic mass is 10.2. The molecule has 0 aliphatic rings. The van der Waals surface area contributed by atoms with Crippen LogP contribution < -0.4 is 20.2 Å². The number of amides is 2. The first kappa shape index (κ1) is 22.9. The highest BCUT2D eigenvalue weighted by Crippen LogP contribution is 2.16. The average molecular weight is 412 g/mol. The van der Waals surface area contributed by atoms with E-state index in [4.69, 9.17) is 9.47 Å². The monoisotopic (exact) mass is 411 g/mol. The van der Waals surface area contributed by atoms with Crippen LogP contribution in [0.5, 0.6) is 11.5 Å².